The minimum absolute atomic E-state index is 0.0119. The molecule has 0 amide bonds. The molecule has 0 bridgehead atoms. The second-order valence-electron chi connectivity index (χ2n) is 15.6. The van der Waals surface area contributed by atoms with Gasteiger partial charge in [-0.2, -0.15) is 0 Å². The zero-order valence-corrected chi connectivity index (χ0v) is 47.6. The van der Waals surface area contributed by atoms with Crippen LogP contribution < -0.4 is 34.2 Å². The molecule has 0 saturated carbocycles. The predicted molar refractivity (Wildman–Crippen MR) is 309 cm³/mol. The number of esters is 2. The molecule has 6 aromatic carbocycles. The lowest BCUT2D eigenvalue weighted by Gasteiger charge is -2.10. The van der Waals surface area contributed by atoms with Crippen LogP contribution in [-0.4, -0.2) is 93.7 Å². The number of nitrogens with zero attached hydrogens (tertiary/aromatic N) is 2. The van der Waals surface area contributed by atoms with Crippen LogP contribution in [0.1, 0.15) is 49.4 Å². The van der Waals surface area contributed by atoms with Crippen LogP contribution in [0, 0.1) is 0 Å². The summed E-state index contributed by atoms with van der Waals surface area (Å²) in [4.78, 5) is 45.3. The first-order valence-corrected chi connectivity index (χ1v) is 26.5. The molecule has 0 saturated heterocycles. The second-order valence-corrected chi connectivity index (χ2v) is 19.0. The molecule has 402 valence electrons. The van der Waals surface area contributed by atoms with Crippen molar-refractivity contribution in [3.63, 3.8) is 0 Å². The molecular formula is C58H58BrN3O12S3. The number of halogens is 1. The second kappa shape index (κ2) is 30.8. The molecule has 0 fully saturated rings. The van der Waals surface area contributed by atoms with E-state index in [4.69, 9.17) is 38.9 Å². The van der Waals surface area contributed by atoms with Crippen molar-refractivity contribution in [2.75, 3.05) is 55.9 Å². The number of aromatic nitrogens is 2. The van der Waals surface area contributed by atoms with Crippen LogP contribution in [0.3, 0.4) is 0 Å². The van der Waals surface area contributed by atoms with Gasteiger partial charge in [-0.15, -0.1) is 22.7 Å². The number of Topliss-reactive ketones (excluding diaryl/α,β-unsaturated/α-hetero) is 1. The quantitative estimate of drug-likeness (QED) is 0.0377. The molecule has 0 radical (unpaired) electrons. The summed E-state index contributed by atoms with van der Waals surface area (Å²) in [6.45, 7) is 4.03. The van der Waals surface area contributed by atoms with Gasteiger partial charge in [0, 0.05) is 16.7 Å². The van der Waals surface area contributed by atoms with Crippen molar-refractivity contribution in [2.24, 2.45) is 5.73 Å². The molecule has 0 aliphatic rings. The van der Waals surface area contributed by atoms with Crippen LogP contribution in [0.4, 0.5) is 0 Å². The molecule has 0 spiro atoms. The van der Waals surface area contributed by atoms with Crippen molar-refractivity contribution in [1.29, 1.82) is 0 Å². The Hall–Kier alpha value is -7.68. The summed E-state index contributed by atoms with van der Waals surface area (Å²) in [6.07, 6.45) is 0. The summed E-state index contributed by atoms with van der Waals surface area (Å²) in [6, 6.07) is 45.4. The van der Waals surface area contributed by atoms with Crippen LogP contribution in [0.15, 0.2) is 146 Å². The van der Waals surface area contributed by atoms with Gasteiger partial charge in [0.25, 0.3) is 0 Å². The van der Waals surface area contributed by atoms with E-state index in [1.54, 1.807) is 80.8 Å². The van der Waals surface area contributed by atoms with Crippen molar-refractivity contribution in [1.82, 2.24) is 9.97 Å². The van der Waals surface area contributed by atoms with Crippen LogP contribution in [0.5, 0.6) is 34.5 Å². The average Bonchev–Trinajstić information content (AvgIpc) is 4.14. The Morgan fingerprint density at radius 1 is 0.532 bits per heavy atom. The first-order valence-electron chi connectivity index (χ1n) is 23.5. The Morgan fingerprint density at radius 3 is 1.23 bits per heavy atom. The molecule has 3 N–H and O–H groups in total. The number of aliphatic hydroxyl groups excluding tert-OH is 1. The van der Waals surface area contributed by atoms with Gasteiger partial charge in [0.15, 0.2) is 10.8 Å². The van der Waals surface area contributed by atoms with E-state index in [1.807, 2.05) is 121 Å². The number of thiazole rings is 2. The summed E-state index contributed by atoms with van der Waals surface area (Å²) in [5, 5.41) is 10.5. The minimum atomic E-state index is -0.609. The number of carbonyl (C=O) groups excluding carboxylic acids is 3. The third kappa shape index (κ3) is 17.2. The standard InChI is InChI=1S/C20H19NO4S.C18H17NO3S.C16H15BrO3.C4H7NO2S/c1-4-25-20(22)19-21-17(13-5-9-15(23-2)10-6-13)18(26-19)14-7-11-16(24-3)12-8-14;1-21-14-7-3-12(4-8-14)17-18(23-16(11-20)19-17)13-5-9-15(22-2)10-6-13;1-19-13-7-3-11(4-8-13)15(17)16(18)12-5-9-14(20-2)10-6-12;1-2-7-4(6)3(5)8/h5-12H,4H2,1-3H3;3-10,20H,11H2,1-2H3;3-10,15H,1-2H3;2H2,1H3,(H2,5,8). The fourth-order valence-corrected chi connectivity index (χ4v) is 9.39. The highest BCUT2D eigenvalue weighted by Crippen LogP contribution is 2.40. The number of ketones is 1. The molecule has 0 aliphatic carbocycles. The van der Waals surface area contributed by atoms with E-state index in [9.17, 15) is 19.5 Å². The monoisotopic (exact) mass is 1160 g/mol. The smallest absolute Gasteiger partial charge is 0.367 e. The fraction of sp³-hybridized carbons (Fsp3) is 0.207. The molecule has 0 aliphatic heterocycles. The molecule has 15 nitrogen and oxygen atoms in total. The zero-order valence-electron chi connectivity index (χ0n) is 43.6. The summed E-state index contributed by atoms with van der Waals surface area (Å²) >= 11 is 10.6. The Labute approximate surface area is 469 Å². The van der Waals surface area contributed by atoms with Gasteiger partial charge in [-0.3, -0.25) is 4.79 Å². The molecule has 1 unspecified atom stereocenters. The van der Waals surface area contributed by atoms with E-state index in [2.05, 4.69) is 42.9 Å². The molecule has 8 rings (SSSR count). The van der Waals surface area contributed by atoms with Crippen LogP contribution >= 0.6 is 50.8 Å². The van der Waals surface area contributed by atoms with E-state index >= 15 is 0 Å². The Balaban J connectivity index is 0.000000200. The van der Waals surface area contributed by atoms with E-state index < -0.39 is 11.9 Å². The maximum absolute atomic E-state index is 12.4. The SMILES string of the molecule is CCOC(=O)C(N)=S.CCOC(=O)c1nc(-c2ccc(OC)cc2)c(-c2ccc(OC)cc2)s1.COc1ccc(-c2nc(CO)sc2-c2ccc(OC)cc2)cc1.COc1ccc(C(=O)C(Br)c2ccc(OC)cc2)cc1. The average molecular weight is 1170 g/mol. The summed E-state index contributed by atoms with van der Waals surface area (Å²) in [7, 11) is 9.76. The highest BCUT2D eigenvalue weighted by molar-refractivity contribution is 9.09. The minimum Gasteiger partial charge on any atom is -0.497 e. The van der Waals surface area contributed by atoms with Crippen LogP contribution in [0.25, 0.3) is 43.4 Å². The van der Waals surface area contributed by atoms with Gasteiger partial charge in [0.2, 0.25) is 5.01 Å². The number of hydrogen-bond acceptors (Lipinski definition) is 17. The molecule has 77 heavy (non-hydrogen) atoms. The lowest BCUT2D eigenvalue weighted by molar-refractivity contribution is -0.134. The fourth-order valence-electron chi connectivity index (χ4n) is 6.83. The number of hydrogen-bond donors (Lipinski definition) is 2. The molecule has 2 aromatic heterocycles. The normalized spacial score (nSPS) is 10.6. The molecule has 1 atom stereocenters. The van der Waals surface area contributed by atoms with Crippen molar-refractivity contribution in [3.05, 3.63) is 167 Å². The van der Waals surface area contributed by atoms with Crippen molar-refractivity contribution < 1.29 is 57.4 Å². The van der Waals surface area contributed by atoms with Crippen LogP contribution in [0.2, 0.25) is 0 Å². The van der Waals surface area contributed by atoms with Gasteiger partial charge in [-0.1, -0.05) is 40.3 Å². The van der Waals surface area contributed by atoms with Crippen molar-refractivity contribution in [2.45, 2.75) is 25.3 Å². The number of alkyl halides is 1. The highest BCUT2D eigenvalue weighted by Gasteiger charge is 2.22. The van der Waals surface area contributed by atoms with Gasteiger partial charge in [-0.05, 0) is 164 Å². The Bertz CT molecular complexity index is 3000. The third-order valence-electron chi connectivity index (χ3n) is 10.8. The maximum atomic E-state index is 12.4. The lowest BCUT2D eigenvalue weighted by atomic mass is 10.0. The van der Waals surface area contributed by atoms with Gasteiger partial charge < -0.3 is 48.7 Å². The van der Waals surface area contributed by atoms with Crippen LogP contribution in [-0.2, 0) is 20.9 Å². The van der Waals surface area contributed by atoms with E-state index in [1.165, 1.54) is 22.7 Å². The van der Waals surface area contributed by atoms with Crippen molar-refractivity contribution in [3.8, 4) is 77.9 Å². The summed E-state index contributed by atoms with van der Waals surface area (Å²) < 4.78 is 40.5. The number of nitrogens with two attached hydrogens (primary N) is 1. The Kier molecular flexibility index (Phi) is 24.0. The predicted octanol–water partition coefficient (Wildman–Crippen LogP) is 12.5. The van der Waals surface area contributed by atoms with Gasteiger partial charge in [0.05, 0.1) is 83.6 Å². The topological polar surface area (TPSA) is 197 Å². The molecule has 19 heteroatoms. The zero-order chi connectivity index (χ0) is 55.9. The maximum Gasteiger partial charge on any atom is 0.367 e. The van der Waals surface area contributed by atoms with Gasteiger partial charge in [-0.25, -0.2) is 19.6 Å². The number of methoxy groups -OCH3 is 6. The first-order chi connectivity index (χ1) is 37.2. The van der Waals surface area contributed by atoms with E-state index in [0.717, 1.165) is 83.5 Å². The number of benzene rings is 6. The van der Waals surface area contributed by atoms with E-state index in [-0.39, 0.29) is 22.2 Å². The van der Waals surface area contributed by atoms with Gasteiger partial charge in [0.1, 0.15) is 44.3 Å². The number of aliphatic hydroxyl groups is 1. The summed E-state index contributed by atoms with van der Waals surface area (Å²) in [5.41, 5.74) is 11.9. The Morgan fingerprint density at radius 2 is 0.883 bits per heavy atom. The number of carbonyl (C=O) groups is 3. The first kappa shape index (κ1) is 60.2. The highest BCUT2D eigenvalue weighted by atomic mass is 79.9. The van der Waals surface area contributed by atoms with Gasteiger partial charge >= 0.3 is 11.9 Å². The molecule has 8 aromatic rings. The van der Waals surface area contributed by atoms with Crippen molar-refractivity contribution >= 4 is 73.5 Å². The number of ether oxygens (including phenoxy) is 8. The summed E-state index contributed by atoms with van der Waals surface area (Å²) in [5.74, 6) is 3.65. The lowest BCUT2D eigenvalue weighted by Crippen LogP contribution is -2.23. The van der Waals surface area contributed by atoms with E-state index in [0.29, 0.717) is 28.8 Å². The largest absolute Gasteiger partial charge is 0.497 e. The third-order valence-corrected chi connectivity index (χ3v) is 14.1. The molecule has 2 heterocycles. The number of thiocarbonyl (C=S) groups is 1. The molecular weight excluding hydrogens is 1110 g/mol. The number of rotatable bonds is 17.